The lowest BCUT2D eigenvalue weighted by Gasteiger charge is -2.07. The molecule has 0 amide bonds. The fourth-order valence-corrected chi connectivity index (χ4v) is 5.31. The van der Waals surface area contributed by atoms with Crippen molar-refractivity contribution in [2.24, 2.45) is 0 Å². The smallest absolute Gasteiger partial charge is 0.305 e. The molecule has 0 aromatic rings. The molecule has 0 saturated carbocycles. The molecule has 0 aromatic carbocycles. The van der Waals surface area contributed by atoms with Crippen LogP contribution in [0.3, 0.4) is 0 Å². The molecule has 0 heterocycles. The maximum Gasteiger partial charge on any atom is 0.305 e. The number of ether oxygens (including phenoxy) is 2. The third kappa shape index (κ3) is 35.2. The number of allylic oxidation sites excluding steroid dienone is 2. The van der Waals surface area contributed by atoms with Gasteiger partial charge < -0.3 is 19.7 Å². The molecule has 2 N–H and O–H groups in total. The highest BCUT2D eigenvalue weighted by Gasteiger charge is 2.06. The number of aliphatic hydroxyl groups is 2. The van der Waals surface area contributed by atoms with Crippen molar-refractivity contribution in [3.05, 3.63) is 24.3 Å². The van der Waals surface area contributed by atoms with Crippen molar-refractivity contribution in [3.8, 4) is 0 Å². The number of esters is 1. The van der Waals surface area contributed by atoms with E-state index in [0.717, 1.165) is 109 Å². The Morgan fingerprint density at radius 3 is 1.56 bits per heavy atom. The number of carbonyl (C=O) groups excluding carboxylic acids is 2. The summed E-state index contributed by atoms with van der Waals surface area (Å²) in [5, 5.41) is 20.0. The Bertz CT molecular complexity index is 646. The molecular formula is C39H72O6. The molecule has 0 aliphatic carbocycles. The monoisotopic (exact) mass is 637 g/mol. The largest absolute Gasteiger partial charge is 0.463 e. The summed E-state index contributed by atoms with van der Waals surface area (Å²) in [5.74, 6) is -0.0737. The summed E-state index contributed by atoms with van der Waals surface area (Å²) >= 11 is 0. The molecule has 0 aliphatic rings. The Morgan fingerprint density at radius 2 is 1.02 bits per heavy atom. The van der Waals surface area contributed by atoms with E-state index in [4.69, 9.17) is 9.47 Å². The van der Waals surface area contributed by atoms with Crippen molar-refractivity contribution in [1.29, 1.82) is 0 Å². The van der Waals surface area contributed by atoms with Gasteiger partial charge in [-0.05, 0) is 64.2 Å². The zero-order chi connectivity index (χ0) is 33.1. The molecule has 0 spiro atoms. The van der Waals surface area contributed by atoms with Crippen LogP contribution in [0.25, 0.3) is 0 Å². The van der Waals surface area contributed by atoms with Crippen LogP contribution in [0.1, 0.15) is 181 Å². The highest BCUT2D eigenvalue weighted by atomic mass is 16.6. The van der Waals surface area contributed by atoms with Gasteiger partial charge in [-0.1, -0.05) is 128 Å². The Labute approximate surface area is 277 Å². The van der Waals surface area contributed by atoms with Gasteiger partial charge in [0.2, 0.25) is 0 Å². The molecule has 6 heteroatoms. The lowest BCUT2D eigenvalue weighted by molar-refractivity contribution is -0.145. The average Bonchev–Trinajstić information content (AvgIpc) is 3.03. The van der Waals surface area contributed by atoms with Crippen molar-refractivity contribution in [2.45, 2.75) is 193 Å². The van der Waals surface area contributed by atoms with E-state index in [1.165, 1.54) is 44.9 Å². The number of Topliss-reactive ketones (excluding diaryl/α,β-unsaturated/α-hetero) is 1. The lowest BCUT2D eigenvalue weighted by Crippen LogP contribution is -2.14. The summed E-state index contributed by atoms with van der Waals surface area (Å²) in [7, 11) is 0. The predicted octanol–water partition coefficient (Wildman–Crippen LogP) is 10.1. The highest BCUT2D eigenvalue weighted by Crippen LogP contribution is 2.12. The van der Waals surface area contributed by atoms with Crippen molar-refractivity contribution in [3.63, 3.8) is 0 Å². The van der Waals surface area contributed by atoms with Gasteiger partial charge in [0.25, 0.3) is 0 Å². The summed E-state index contributed by atoms with van der Waals surface area (Å²) in [4.78, 5) is 23.9. The average molecular weight is 637 g/mol. The van der Waals surface area contributed by atoms with Gasteiger partial charge in [-0.2, -0.15) is 0 Å². The number of aliphatic hydroxyl groups excluding tert-OH is 2. The second-order valence-corrected chi connectivity index (χ2v) is 12.8. The Balaban J connectivity index is 3.43. The first-order valence-corrected chi connectivity index (χ1v) is 18.9. The number of ketones is 1. The van der Waals surface area contributed by atoms with E-state index in [0.29, 0.717) is 12.8 Å². The van der Waals surface area contributed by atoms with Gasteiger partial charge in [0, 0.05) is 12.8 Å². The first-order valence-electron chi connectivity index (χ1n) is 18.9. The summed E-state index contributed by atoms with van der Waals surface area (Å²) in [6, 6.07) is 0. The maximum atomic E-state index is 12.0. The summed E-state index contributed by atoms with van der Waals surface area (Å²) < 4.78 is 10.6. The number of unbranched alkanes of at least 4 members (excludes halogenated alkanes) is 16. The molecule has 0 saturated heterocycles. The fraction of sp³-hybridized carbons (Fsp3) is 0.846. The van der Waals surface area contributed by atoms with E-state index in [1.54, 1.807) is 0 Å². The predicted molar refractivity (Wildman–Crippen MR) is 188 cm³/mol. The second-order valence-electron chi connectivity index (χ2n) is 12.8. The van der Waals surface area contributed by atoms with Crippen LogP contribution in [0.4, 0.5) is 0 Å². The van der Waals surface area contributed by atoms with E-state index in [2.05, 4.69) is 38.2 Å². The van der Waals surface area contributed by atoms with Gasteiger partial charge in [-0.15, -0.1) is 0 Å². The topological polar surface area (TPSA) is 93.1 Å². The van der Waals surface area contributed by atoms with Crippen LogP contribution in [0.5, 0.6) is 0 Å². The van der Waals surface area contributed by atoms with Crippen molar-refractivity contribution in [1.82, 2.24) is 0 Å². The first-order chi connectivity index (χ1) is 22.0. The Kier molecular flexibility index (Phi) is 34.2. The molecule has 0 rings (SSSR count). The van der Waals surface area contributed by atoms with Gasteiger partial charge in [0.15, 0.2) is 5.78 Å². The summed E-state index contributed by atoms with van der Waals surface area (Å²) in [6.07, 6.45) is 35.1. The molecule has 45 heavy (non-hydrogen) atoms. The third-order valence-electron chi connectivity index (χ3n) is 8.26. The SMILES string of the molecule is CCCCCCC(O)C/C=C\CCCCCCCC(=O)COCCOC(=O)CCCCCCC/C=C\CC(O)CCCCCC. The molecule has 0 bridgehead atoms. The molecule has 6 nitrogen and oxygen atoms in total. The summed E-state index contributed by atoms with van der Waals surface area (Å²) in [6.45, 7) is 4.98. The standard InChI is InChI=1S/C39H72O6/c1-3-5-7-21-27-36(40)29-23-17-13-9-10-15-19-25-31-38(42)35-44-33-34-45-39(43)32-26-20-16-12-11-14-18-24-30-37(41)28-22-8-6-4-2/h17-18,23-24,36-37,40-41H,3-16,19-22,25-35H2,1-2H3/b23-17-,24-18-. The van der Waals surface area contributed by atoms with Crippen LogP contribution in [0.2, 0.25) is 0 Å². The highest BCUT2D eigenvalue weighted by molar-refractivity contribution is 5.79. The van der Waals surface area contributed by atoms with Crippen LogP contribution in [-0.4, -0.2) is 54.0 Å². The van der Waals surface area contributed by atoms with Gasteiger partial charge in [0.1, 0.15) is 13.2 Å². The van der Waals surface area contributed by atoms with Crippen molar-refractivity contribution in [2.75, 3.05) is 19.8 Å². The van der Waals surface area contributed by atoms with E-state index in [-0.39, 0.29) is 43.8 Å². The van der Waals surface area contributed by atoms with Crippen LogP contribution in [0, 0.1) is 0 Å². The molecule has 0 aliphatic heterocycles. The first kappa shape index (κ1) is 43.5. The fourth-order valence-electron chi connectivity index (χ4n) is 5.31. The van der Waals surface area contributed by atoms with Gasteiger partial charge in [-0.3, -0.25) is 9.59 Å². The Morgan fingerprint density at radius 1 is 0.556 bits per heavy atom. The number of carbonyl (C=O) groups is 2. The Hall–Kier alpha value is -1.50. The second kappa shape index (κ2) is 35.4. The van der Waals surface area contributed by atoms with Crippen LogP contribution in [0.15, 0.2) is 24.3 Å². The minimum atomic E-state index is -0.196. The molecular weight excluding hydrogens is 564 g/mol. The zero-order valence-electron chi connectivity index (χ0n) is 29.5. The molecule has 2 unspecified atom stereocenters. The van der Waals surface area contributed by atoms with Crippen molar-refractivity contribution >= 4 is 11.8 Å². The van der Waals surface area contributed by atoms with Crippen LogP contribution >= 0.6 is 0 Å². The molecule has 0 radical (unpaired) electrons. The molecule has 264 valence electrons. The zero-order valence-corrected chi connectivity index (χ0v) is 29.5. The normalized spacial score (nSPS) is 13.2. The van der Waals surface area contributed by atoms with Crippen LogP contribution < -0.4 is 0 Å². The minimum absolute atomic E-state index is 0.0988. The van der Waals surface area contributed by atoms with Crippen molar-refractivity contribution < 1.29 is 29.3 Å². The quantitative estimate of drug-likeness (QED) is 0.0408. The molecule has 0 aromatic heterocycles. The van der Waals surface area contributed by atoms with E-state index < -0.39 is 0 Å². The van der Waals surface area contributed by atoms with E-state index in [9.17, 15) is 19.8 Å². The molecule has 2 atom stereocenters. The van der Waals surface area contributed by atoms with Gasteiger partial charge >= 0.3 is 5.97 Å². The summed E-state index contributed by atoms with van der Waals surface area (Å²) in [5.41, 5.74) is 0. The lowest BCUT2D eigenvalue weighted by atomic mass is 10.1. The third-order valence-corrected chi connectivity index (χ3v) is 8.26. The number of rotatable bonds is 35. The maximum absolute atomic E-state index is 12.0. The minimum Gasteiger partial charge on any atom is -0.463 e. The van der Waals surface area contributed by atoms with E-state index >= 15 is 0 Å². The number of hydrogen-bond donors (Lipinski definition) is 2. The van der Waals surface area contributed by atoms with Gasteiger partial charge in [0.05, 0.1) is 18.8 Å². The van der Waals surface area contributed by atoms with Crippen LogP contribution in [-0.2, 0) is 19.1 Å². The number of hydrogen-bond acceptors (Lipinski definition) is 6. The molecule has 0 fully saturated rings. The van der Waals surface area contributed by atoms with E-state index in [1.807, 2.05) is 0 Å². The van der Waals surface area contributed by atoms with Gasteiger partial charge in [-0.25, -0.2) is 0 Å².